The van der Waals surface area contributed by atoms with Crippen LogP contribution in [0.2, 0.25) is 0 Å². The average Bonchev–Trinajstić information content (AvgIpc) is 3.40. The Balaban J connectivity index is 1.37. The minimum atomic E-state index is -1.23. The number of amides is 4. The number of carbonyl (C=O) groups excluding carboxylic acids is 3. The van der Waals surface area contributed by atoms with Gasteiger partial charge in [-0.25, -0.2) is 9.69 Å². The molecule has 9 heteroatoms. The van der Waals surface area contributed by atoms with Crippen LogP contribution in [-0.4, -0.2) is 46.4 Å². The molecule has 2 aliphatic heterocycles. The van der Waals surface area contributed by atoms with Crippen LogP contribution in [0.25, 0.3) is 10.9 Å². The molecule has 0 bridgehead atoms. The fraction of sp³-hybridized carbons (Fsp3) is 0.214. The van der Waals surface area contributed by atoms with E-state index in [1.54, 1.807) is 61.7 Å². The molecule has 1 saturated heterocycles. The summed E-state index contributed by atoms with van der Waals surface area (Å²) in [5.74, 6) is -0.0542. The van der Waals surface area contributed by atoms with Crippen molar-refractivity contribution in [1.29, 1.82) is 0 Å². The van der Waals surface area contributed by atoms with E-state index in [-0.39, 0.29) is 23.7 Å². The Labute approximate surface area is 213 Å². The molecule has 186 valence electrons. The Hall–Kier alpha value is -4.66. The number of aromatic amines is 1. The first-order chi connectivity index (χ1) is 17.9. The molecule has 0 aliphatic carbocycles. The number of para-hydroxylation sites is 1. The van der Waals surface area contributed by atoms with E-state index in [9.17, 15) is 14.4 Å². The van der Waals surface area contributed by atoms with Gasteiger partial charge in [-0.3, -0.25) is 14.6 Å². The first-order valence-corrected chi connectivity index (χ1v) is 12.0. The van der Waals surface area contributed by atoms with Gasteiger partial charge in [0.05, 0.1) is 24.1 Å². The number of ether oxygens (including phenoxy) is 1. The molecule has 0 saturated carbocycles. The highest BCUT2D eigenvalue weighted by atomic mass is 16.5. The first-order valence-electron chi connectivity index (χ1n) is 12.0. The summed E-state index contributed by atoms with van der Waals surface area (Å²) in [7, 11) is 1.62. The van der Waals surface area contributed by atoms with Crippen molar-refractivity contribution in [1.82, 2.24) is 20.2 Å². The molecule has 0 spiro atoms. The van der Waals surface area contributed by atoms with Crippen molar-refractivity contribution in [2.24, 2.45) is 0 Å². The largest absolute Gasteiger partial charge is 0.497 e. The highest BCUT2D eigenvalue weighted by Crippen LogP contribution is 2.46. The molecule has 4 amide bonds. The number of urea groups is 1. The minimum Gasteiger partial charge on any atom is -0.497 e. The van der Waals surface area contributed by atoms with Gasteiger partial charge in [0.1, 0.15) is 5.75 Å². The Bertz CT molecular complexity index is 1560. The van der Waals surface area contributed by atoms with Gasteiger partial charge in [-0.05, 0) is 60.9 Å². The molecule has 1 unspecified atom stereocenters. The summed E-state index contributed by atoms with van der Waals surface area (Å²) in [5, 5.41) is 3.84. The van der Waals surface area contributed by atoms with Crippen LogP contribution in [0.3, 0.4) is 0 Å². The van der Waals surface area contributed by atoms with Crippen molar-refractivity contribution in [2.45, 2.75) is 25.4 Å². The zero-order valence-electron chi connectivity index (χ0n) is 20.4. The van der Waals surface area contributed by atoms with E-state index in [1.165, 1.54) is 0 Å². The highest BCUT2D eigenvalue weighted by molar-refractivity contribution is 6.25. The van der Waals surface area contributed by atoms with Gasteiger partial charge in [0.2, 0.25) is 0 Å². The summed E-state index contributed by atoms with van der Waals surface area (Å²) < 4.78 is 5.40. The number of nitrogens with zero attached hydrogens (tertiary/aromatic N) is 3. The van der Waals surface area contributed by atoms with Crippen molar-refractivity contribution < 1.29 is 19.1 Å². The number of methoxy groups -OCH3 is 1. The van der Waals surface area contributed by atoms with Crippen LogP contribution in [0.1, 0.15) is 34.1 Å². The molecule has 2 N–H and O–H groups in total. The number of fused-ring (bicyclic) bond motifs is 5. The molecule has 2 aromatic carbocycles. The van der Waals surface area contributed by atoms with Gasteiger partial charge in [0.25, 0.3) is 11.8 Å². The second kappa shape index (κ2) is 8.48. The number of pyridine rings is 1. The number of benzene rings is 2. The maximum atomic E-state index is 14.1. The molecular formula is C28H25N5O4. The number of hydrogen-bond acceptors (Lipinski definition) is 5. The second-order valence-electron chi connectivity index (χ2n) is 9.35. The quantitative estimate of drug-likeness (QED) is 0.410. The average molecular weight is 496 g/mol. The third kappa shape index (κ3) is 3.38. The fourth-order valence-electron chi connectivity index (χ4n) is 5.40. The molecule has 2 aliphatic rings. The molecule has 0 radical (unpaired) electrons. The number of aromatic nitrogens is 2. The number of H-pyrrole nitrogens is 1. The lowest BCUT2D eigenvalue weighted by Gasteiger charge is -2.35. The Morgan fingerprint density at radius 1 is 1.16 bits per heavy atom. The molecule has 37 heavy (non-hydrogen) atoms. The number of rotatable bonds is 5. The van der Waals surface area contributed by atoms with Crippen molar-refractivity contribution >= 4 is 34.4 Å². The number of anilines is 1. The molecule has 1 atom stereocenters. The zero-order chi connectivity index (χ0) is 25.7. The lowest BCUT2D eigenvalue weighted by molar-refractivity contribution is -0.125. The SMILES string of the molecule is COc1ccc2[nH]c3c(c2c1)CCN1C(=O)N(c2ccccc2C(=O)NCc2cccnc2)C(=O)C31C. The summed E-state index contributed by atoms with van der Waals surface area (Å²) in [4.78, 5) is 51.1. The molecule has 4 heterocycles. The van der Waals surface area contributed by atoms with Crippen molar-refractivity contribution in [3.8, 4) is 5.75 Å². The highest BCUT2D eigenvalue weighted by Gasteiger charge is 2.59. The van der Waals surface area contributed by atoms with E-state index >= 15 is 0 Å². The smallest absolute Gasteiger partial charge is 0.332 e. The van der Waals surface area contributed by atoms with Gasteiger partial charge in [-0.15, -0.1) is 0 Å². The van der Waals surface area contributed by atoms with E-state index < -0.39 is 17.5 Å². The summed E-state index contributed by atoms with van der Waals surface area (Å²) in [5.41, 5.74) is 2.70. The Morgan fingerprint density at radius 2 is 2.00 bits per heavy atom. The summed E-state index contributed by atoms with van der Waals surface area (Å²) in [6.45, 7) is 2.42. The predicted octanol–water partition coefficient (Wildman–Crippen LogP) is 3.74. The number of imide groups is 1. The Kier molecular flexibility index (Phi) is 5.22. The summed E-state index contributed by atoms with van der Waals surface area (Å²) in [6, 6.07) is 15.6. The lowest BCUT2D eigenvalue weighted by atomic mass is 9.87. The topological polar surface area (TPSA) is 108 Å². The zero-order valence-corrected chi connectivity index (χ0v) is 20.4. The van der Waals surface area contributed by atoms with Crippen LogP contribution in [0, 0.1) is 0 Å². The van der Waals surface area contributed by atoms with E-state index in [4.69, 9.17) is 4.74 Å². The van der Waals surface area contributed by atoms with Crippen LogP contribution in [-0.2, 0) is 23.3 Å². The normalized spacial score (nSPS) is 18.6. The second-order valence-corrected chi connectivity index (χ2v) is 9.35. The first kappa shape index (κ1) is 22.8. The third-order valence-corrected chi connectivity index (χ3v) is 7.33. The van der Waals surface area contributed by atoms with Crippen LogP contribution >= 0.6 is 0 Å². The van der Waals surface area contributed by atoms with E-state index in [0.29, 0.717) is 18.7 Å². The summed E-state index contributed by atoms with van der Waals surface area (Å²) >= 11 is 0. The number of carbonyl (C=O) groups is 3. The molecular weight excluding hydrogens is 470 g/mol. The maximum Gasteiger partial charge on any atom is 0.332 e. The van der Waals surface area contributed by atoms with Crippen molar-refractivity contribution in [2.75, 3.05) is 18.6 Å². The van der Waals surface area contributed by atoms with Gasteiger partial charge in [-0.1, -0.05) is 18.2 Å². The van der Waals surface area contributed by atoms with Gasteiger partial charge in [0.15, 0.2) is 5.54 Å². The van der Waals surface area contributed by atoms with Crippen LogP contribution < -0.4 is 15.0 Å². The van der Waals surface area contributed by atoms with Gasteiger partial charge in [0, 0.05) is 36.4 Å². The van der Waals surface area contributed by atoms with Crippen LogP contribution in [0.5, 0.6) is 5.75 Å². The molecule has 1 fully saturated rings. The number of nitrogens with one attached hydrogen (secondary N) is 2. The lowest BCUT2D eigenvalue weighted by Crippen LogP contribution is -2.49. The fourth-order valence-corrected chi connectivity index (χ4v) is 5.40. The molecule has 4 aromatic rings. The molecule has 9 nitrogen and oxygen atoms in total. The van der Waals surface area contributed by atoms with Crippen LogP contribution in [0.4, 0.5) is 10.5 Å². The van der Waals surface area contributed by atoms with Gasteiger partial charge < -0.3 is 19.9 Å². The predicted molar refractivity (Wildman–Crippen MR) is 137 cm³/mol. The van der Waals surface area contributed by atoms with E-state index in [1.807, 2.05) is 24.3 Å². The maximum absolute atomic E-state index is 14.1. The number of hydrogen-bond donors (Lipinski definition) is 2. The summed E-state index contributed by atoms with van der Waals surface area (Å²) in [6.07, 6.45) is 3.93. The van der Waals surface area contributed by atoms with Gasteiger partial charge in [-0.2, -0.15) is 0 Å². The monoisotopic (exact) mass is 495 g/mol. The van der Waals surface area contributed by atoms with Crippen molar-refractivity contribution in [3.63, 3.8) is 0 Å². The standard InChI is InChI=1S/C28H25N5O4/c1-28-24-19(21-14-18(37-2)9-10-22(21)31-24)11-13-32(28)27(36)33(26(28)35)23-8-4-3-7-20(23)25(34)30-16-17-6-5-12-29-15-17/h3-10,12,14-15,31H,11,13,16H2,1-2H3,(H,30,34). The van der Waals surface area contributed by atoms with Crippen LogP contribution in [0.15, 0.2) is 67.0 Å². The molecule has 6 rings (SSSR count). The molecule has 2 aromatic heterocycles. The van der Waals surface area contributed by atoms with Crippen molar-refractivity contribution in [3.05, 3.63) is 89.4 Å². The van der Waals surface area contributed by atoms with Gasteiger partial charge >= 0.3 is 6.03 Å². The van der Waals surface area contributed by atoms with E-state index in [0.717, 1.165) is 32.7 Å². The van der Waals surface area contributed by atoms with E-state index in [2.05, 4.69) is 15.3 Å². The third-order valence-electron chi connectivity index (χ3n) is 7.33. The Morgan fingerprint density at radius 3 is 2.78 bits per heavy atom. The minimum absolute atomic E-state index is 0.248.